The van der Waals surface area contributed by atoms with E-state index in [4.69, 9.17) is 4.74 Å². The zero-order valence-corrected chi connectivity index (χ0v) is 19.4. The molecule has 0 spiro atoms. The number of carbonyl (C=O) groups is 1. The van der Waals surface area contributed by atoms with Crippen LogP contribution in [0.2, 0.25) is 0 Å². The van der Waals surface area contributed by atoms with Crippen LogP contribution in [0.25, 0.3) is 10.8 Å². The van der Waals surface area contributed by atoms with E-state index in [1.54, 1.807) is 27.7 Å². The summed E-state index contributed by atoms with van der Waals surface area (Å²) in [5, 5.41) is -0.137. The van der Waals surface area contributed by atoms with Gasteiger partial charge in [-0.3, -0.25) is 4.79 Å². The molecule has 0 amide bonds. The predicted octanol–water partition coefficient (Wildman–Crippen LogP) is 5.57. The van der Waals surface area contributed by atoms with Crippen molar-refractivity contribution < 1.29 is 44.4 Å². The molecule has 32 heavy (non-hydrogen) atoms. The minimum absolute atomic E-state index is 0.0437. The summed E-state index contributed by atoms with van der Waals surface area (Å²) < 4.78 is 91.1. The molecule has 0 fully saturated rings. The highest BCUT2D eigenvalue weighted by atomic mass is 32.2. The first-order valence-electron chi connectivity index (χ1n) is 9.51. The zero-order chi connectivity index (χ0) is 24.9. The molecule has 0 radical (unpaired) electrons. The largest absolute Gasteiger partial charge is 0.534 e. The van der Waals surface area contributed by atoms with Gasteiger partial charge in [-0.25, -0.2) is 4.39 Å². The fraction of sp³-hybridized carbons (Fsp3) is 0.476. The Kier molecular flexibility index (Phi) is 9.05. The Bertz CT molecular complexity index is 1040. The van der Waals surface area contributed by atoms with Gasteiger partial charge in [-0.15, -0.1) is 0 Å². The molecule has 0 aliphatic heterocycles. The molecule has 11 heteroatoms. The first-order valence-corrected chi connectivity index (χ1v) is 10.9. The van der Waals surface area contributed by atoms with Gasteiger partial charge in [0.2, 0.25) is 0 Å². The Balaban J connectivity index is 0.000000920. The number of rotatable bonds is 6. The second-order valence-corrected chi connectivity index (χ2v) is 9.17. The van der Waals surface area contributed by atoms with Crippen LogP contribution in [-0.2, 0) is 24.4 Å². The second kappa shape index (κ2) is 10.5. The summed E-state index contributed by atoms with van der Waals surface area (Å²) in [4.78, 5) is 9.18. The lowest BCUT2D eigenvalue weighted by atomic mass is 9.96. The van der Waals surface area contributed by atoms with Crippen LogP contribution in [0, 0.1) is 12.7 Å². The summed E-state index contributed by atoms with van der Waals surface area (Å²) in [5.74, 6) is -1.26. The van der Waals surface area contributed by atoms with Crippen molar-refractivity contribution in [3.8, 4) is 5.75 Å². The summed E-state index contributed by atoms with van der Waals surface area (Å²) in [7, 11) is -5.95. The molecule has 2 rings (SSSR count). The number of fused-ring (bicyclic) bond motifs is 1. The fourth-order valence-electron chi connectivity index (χ4n) is 2.90. The van der Waals surface area contributed by atoms with Crippen LogP contribution < -0.4 is 4.18 Å². The number of hydrogen-bond acceptors (Lipinski definition) is 6. The lowest BCUT2D eigenvalue weighted by molar-refractivity contribution is -0.128. The summed E-state index contributed by atoms with van der Waals surface area (Å²) in [5.41, 5.74) is -6.47. The van der Waals surface area contributed by atoms with E-state index >= 15 is 0 Å². The first-order chi connectivity index (χ1) is 14.6. The number of ether oxygens (including phenoxy) is 2. The van der Waals surface area contributed by atoms with Crippen molar-refractivity contribution in [1.82, 2.24) is 0 Å². The second-order valence-electron chi connectivity index (χ2n) is 7.63. The molecule has 0 N–H and O–H groups in total. The molecule has 0 heterocycles. The summed E-state index contributed by atoms with van der Waals surface area (Å²) in [6.07, 6.45) is -0.928. The van der Waals surface area contributed by atoms with Crippen LogP contribution in [-0.4, -0.2) is 32.6 Å². The normalized spacial score (nSPS) is 13.2. The molecule has 0 saturated heterocycles. The smallest absolute Gasteiger partial charge is 0.468 e. The van der Waals surface area contributed by atoms with Crippen molar-refractivity contribution in [3.05, 3.63) is 41.2 Å². The third-order valence-corrected chi connectivity index (χ3v) is 4.99. The SMILES string of the molecule is CCOC=O.Cc1c(C(C)OC(C)(C)C)c(OS(=O)(=O)C(F)(F)F)c2ccccc2c1F. The van der Waals surface area contributed by atoms with E-state index in [0.717, 1.165) is 0 Å². The monoisotopic (exact) mass is 482 g/mol. The quantitative estimate of drug-likeness (QED) is 0.232. The van der Waals surface area contributed by atoms with Gasteiger partial charge in [0.15, 0.2) is 5.75 Å². The maximum absolute atomic E-state index is 14.8. The summed E-state index contributed by atoms with van der Waals surface area (Å²) in [6, 6.07) is 5.57. The van der Waals surface area contributed by atoms with Gasteiger partial charge in [0.25, 0.3) is 6.47 Å². The zero-order valence-electron chi connectivity index (χ0n) is 18.5. The van der Waals surface area contributed by atoms with Crippen LogP contribution >= 0.6 is 0 Å². The molecule has 180 valence electrons. The summed E-state index contributed by atoms with van der Waals surface area (Å²) in [6.45, 7) is 10.6. The van der Waals surface area contributed by atoms with Gasteiger partial charge in [-0.05, 0) is 47.1 Å². The van der Waals surface area contributed by atoms with Crippen LogP contribution in [0.1, 0.15) is 51.8 Å². The number of halogens is 4. The highest BCUT2D eigenvalue weighted by Gasteiger charge is 2.49. The van der Waals surface area contributed by atoms with Gasteiger partial charge in [0.1, 0.15) is 5.82 Å². The van der Waals surface area contributed by atoms with Gasteiger partial charge in [0, 0.05) is 16.3 Å². The predicted molar refractivity (Wildman–Crippen MR) is 111 cm³/mol. The molecule has 0 aliphatic carbocycles. The Morgan fingerprint density at radius 1 is 1.09 bits per heavy atom. The van der Waals surface area contributed by atoms with Crippen molar-refractivity contribution in [2.45, 2.75) is 58.8 Å². The molecule has 0 bridgehead atoms. The van der Waals surface area contributed by atoms with E-state index in [2.05, 4.69) is 8.92 Å². The Hall–Kier alpha value is -2.40. The van der Waals surface area contributed by atoms with Crippen LogP contribution in [0.3, 0.4) is 0 Å². The van der Waals surface area contributed by atoms with Crippen molar-refractivity contribution in [1.29, 1.82) is 0 Å². The van der Waals surface area contributed by atoms with Crippen molar-refractivity contribution in [2.75, 3.05) is 6.61 Å². The molecule has 2 aromatic rings. The molecule has 1 unspecified atom stereocenters. The third-order valence-electron chi connectivity index (χ3n) is 4.03. The Morgan fingerprint density at radius 2 is 1.62 bits per heavy atom. The van der Waals surface area contributed by atoms with E-state index in [-0.39, 0.29) is 21.9 Å². The highest BCUT2D eigenvalue weighted by molar-refractivity contribution is 7.88. The maximum Gasteiger partial charge on any atom is 0.534 e. The maximum atomic E-state index is 14.8. The highest BCUT2D eigenvalue weighted by Crippen LogP contribution is 2.42. The van der Waals surface area contributed by atoms with Gasteiger partial charge in [-0.2, -0.15) is 21.6 Å². The minimum Gasteiger partial charge on any atom is -0.468 e. The number of alkyl halides is 3. The van der Waals surface area contributed by atoms with Gasteiger partial charge in [-0.1, -0.05) is 24.3 Å². The first kappa shape index (κ1) is 27.6. The summed E-state index contributed by atoms with van der Waals surface area (Å²) >= 11 is 0. The lowest BCUT2D eigenvalue weighted by Crippen LogP contribution is -2.29. The van der Waals surface area contributed by atoms with Gasteiger partial charge in [0.05, 0.1) is 18.3 Å². The minimum atomic E-state index is -5.95. The van der Waals surface area contributed by atoms with E-state index < -0.39 is 38.9 Å². The van der Waals surface area contributed by atoms with Crippen LogP contribution in [0.15, 0.2) is 24.3 Å². The standard InChI is InChI=1S/C18H20F4O4S.C3H6O2/c1-10-14(11(2)25-17(3,4)5)16(26-27(23,24)18(20,21)22)13-9-7-6-8-12(13)15(10)19;1-2-5-3-4/h6-9,11H,1-5H3;3H,2H2,1H3. The van der Waals surface area contributed by atoms with Crippen molar-refractivity contribution >= 4 is 27.4 Å². The number of carbonyl (C=O) groups excluding carboxylic acids is 1. The van der Waals surface area contributed by atoms with Gasteiger partial charge >= 0.3 is 15.6 Å². The third kappa shape index (κ3) is 6.80. The fourth-order valence-corrected chi connectivity index (χ4v) is 3.40. The molecule has 0 saturated carbocycles. The Morgan fingerprint density at radius 3 is 2.03 bits per heavy atom. The number of benzene rings is 2. The van der Waals surface area contributed by atoms with Crippen molar-refractivity contribution in [2.24, 2.45) is 0 Å². The lowest BCUT2D eigenvalue weighted by Gasteiger charge is -2.28. The average molecular weight is 482 g/mol. The van der Waals surface area contributed by atoms with Crippen LogP contribution in [0.4, 0.5) is 17.6 Å². The van der Waals surface area contributed by atoms with E-state index in [1.165, 1.54) is 38.1 Å². The molecule has 2 aromatic carbocycles. The Labute approximate surface area is 184 Å². The van der Waals surface area contributed by atoms with Crippen LogP contribution in [0.5, 0.6) is 5.75 Å². The topological polar surface area (TPSA) is 78.9 Å². The molecular weight excluding hydrogens is 456 g/mol. The molecular formula is C21H26F4O6S. The van der Waals surface area contributed by atoms with Gasteiger partial charge < -0.3 is 13.7 Å². The molecule has 0 aliphatic rings. The van der Waals surface area contributed by atoms with E-state index in [9.17, 15) is 30.8 Å². The van der Waals surface area contributed by atoms with E-state index in [0.29, 0.717) is 13.1 Å². The van der Waals surface area contributed by atoms with E-state index in [1.807, 2.05) is 0 Å². The molecule has 1 atom stereocenters. The average Bonchev–Trinajstić information content (AvgIpc) is 2.64. The number of hydrogen-bond donors (Lipinski definition) is 0. The molecule has 0 aromatic heterocycles. The molecule has 6 nitrogen and oxygen atoms in total. The van der Waals surface area contributed by atoms with Crippen molar-refractivity contribution in [3.63, 3.8) is 0 Å².